The van der Waals surface area contributed by atoms with E-state index < -0.39 is 0 Å². The lowest BCUT2D eigenvalue weighted by molar-refractivity contribution is 0.480. The van der Waals surface area contributed by atoms with Gasteiger partial charge in [0.15, 0.2) is 0 Å². The molecule has 4 heteroatoms. The van der Waals surface area contributed by atoms with Gasteiger partial charge in [-0.25, -0.2) is 9.97 Å². The first kappa shape index (κ1) is 15.1. The first-order valence-corrected chi connectivity index (χ1v) is 8.03. The molecule has 1 unspecified atom stereocenters. The molecule has 1 heterocycles. The highest BCUT2D eigenvalue weighted by molar-refractivity contribution is 5.57. The quantitative estimate of drug-likeness (QED) is 0.830. The highest BCUT2D eigenvalue weighted by Gasteiger charge is 2.22. The fraction of sp³-hybridized carbons (Fsp3) is 0.750. The lowest BCUT2D eigenvalue weighted by atomic mass is 10.00. The third-order valence-electron chi connectivity index (χ3n) is 4.32. The first-order chi connectivity index (χ1) is 9.65. The van der Waals surface area contributed by atoms with Gasteiger partial charge in [0.1, 0.15) is 17.5 Å². The van der Waals surface area contributed by atoms with Crippen LogP contribution in [0.15, 0.2) is 0 Å². The molecule has 2 rings (SSSR count). The number of nitrogens with zero attached hydrogens (tertiary/aromatic N) is 2. The molecule has 20 heavy (non-hydrogen) atoms. The van der Waals surface area contributed by atoms with E-state index >= 15 is 0 Å². The molecular formula is C16H28N4. The summed E-state index contributed by atoms with van der Waals surface area (Å²) in [5.41, 5.74) is 1.13. The number of anilines is 2. The van der Waals surface area contributed by atoms with Crippen LogP contribution in [0.1, 0.15) is 57.8 Å². The second-order valence-corrected chi connectivity index (χ2v) is 5.82. The average molecular weight is 276 g/mol. The Hall–Kier alpha value is -1.32. The van der Waals surface area contributed by atoms with E-state index in [2.05, 4.69) is 48.3 Å². The fourth-order valence-corrected chi connectivity index (χ4v) is 2.99. The van der Waals surface area contributed by atoms with E-state index in [1.54, 1.807) is 0 Å². The molecule has 0 bridgehead atoms. The maximum absolute atomic E-state index is 4.68. The van der Waals surface area contributed by atoms with Gasteiger partial charge in [-0.3, -0.25) is 0 Å². The maximum Gasteiger partial charge on any atom is 0.134 e. The van der Waals surface area contributed by atoms with Gasteiger partial charge in [0.25, 0.3) is 0 Å². The molecule has 0 spiro atoms. The SMILES string of the molecule is CCNc1nc(CC)nc(NC(C)C2CCCC2)c1C. The minimum Gasteiger partial charge on any atom is -0.370 e. The monoisotopic (exact) mass is 276 g/mol. The Morgan fingerprint density at radius 2 is 1.80 bits per heavy atom. The highest BCUT2D eigenvalue weighted by atomic mass is 15.1. The number of rotatable bonds is 6. The molecule has 1 aliphatic rings. The Balaban J connectivity index is 2.18. The van der Waals surface area contributed by atoms with Crippen LogP contribution in [0.3, 0.4) is 0 Å². The predicted octanol–water partition coefficient (Wildman–Crippen LogP) is 3.77. The van der Waals surface area contributed by atoms with Crippen LogP contribution < -0.4 is 10.6 Å². The van der Waals surface area contributed by atoms with Gasteiger partial charge in [0, 0.05) is 24.6 Å². The van der Waals surface area contributed by atoms with Gasteiger partial charge in [-0.2, -0.15) is 0 Å². The van der Waals surface area contributed by atoms with Crippen molar-refractivity contribution < 1.29 is 0 Å². The lowest BCUT2D eigenvalue weighted by Crippen LogP contribution is -2.25. The third-order valence-corrected chi connectivity index (χ3v) is 4.32. The van der Waals surface area contributed by atoms with Gasteiger partial charge in [-0.1, -0.05) is 19.8 Å². The van der Waals surface area contributed by atoms with Crippen molar-refractivity contribution in [1.29, 1.82) is 0 Å². The fourth-order valence-electron chi connectivity index (χ4n) is 2.99. The normalized spacial score (nSPS) is 17.2. The smallest absolute Gasteiger partial charge is 0.134 e. The minimum absolute atomic E-state index is 0.491. The Morgan fingerprint density at radius 1 is 1.15 bits per heavy atom. The molecule has 1 aromatic rings. The standard InChI is InChI=1S/C16H28N4/c1-5-14-19-15(17-6-2)11(3)16(20-14)18-12(4)13-9-7-8-10-13/h12-13H,5-10H2,1-4H3,(H2,17,18,19,20). The Kier molecular flexibility index (Phi) is 5.21. The Labute approximate surface area is 122 Å². The summed E-state index contributed by atoms with van der Waals surface area (Å²) in [4.78, 5) is 9.27. The molecule has 1 fully saturated rings. The van der Waals surface area contributed by atoms with E-state index in [-0.39, 0.29) is 0 Å². The summed E-state index contributed by atoms with van der Waals surface area (Å²) in [6.45, 7) is 9.47. The van der Waals surface area contributed by atoms with E-state index in [0.717, 1.165) is 41.9 Å². The molecular weight excluding hydrogens is 248 g/mol. The number of aryl methyl sites for hydroxylation is 1. The zero-order valence-electron chi connectivity index (χ0n) is 13.3. The summed E-state index contributed by atoms with van der Waals surface area (Å²) < 4.78 is 0. The summed E-state index contributed by atoms with van der Waals surface area (Å²) in [7, 11) is 0. The van der Waals surface area contributed by atoms with E-state index in [1.807, 2.05) is 0 Å². The number of hydrogen-bond donors (Lipinski definition) is 2. The predicted molar refractivity (Wildman–Crippen MR) is 85.4 cm³/mol. The van der Waals surface area contributed by atoms with Crippen LogP contribution in [0.2, 0.25) is 0 Å². The van der Waals surface area contributed by atoms with Crippen LogP contribution >= 0.6 is 0 Å². The topological polar surface area (TPSA) is 49.8 Å². The van der Waals surface area contributed by atoms with E-state index in [9.17, 15) is 0 Å². The van der Waals surface area contributed by atoms with Crippen molar-refractivity contribution in [2.45, 2.75) is 65.8 Å². The van der Waals surface area contributed by atoms with Crippen LogP contribution in [0, 0.1) is 12.8 Å². The molecule has 0 aromatic carbocycles. The van der Waals surface area contributed by atoms with Crippen molar-refractivity contribution >= 4 is 11.6 Å². The van der Waals surface area contributed by atoms with Crippen molar-refractivity contribution in [3.63, 3.8) is 0 Å². The van der Waals surface area contributed by atoms with Crippen molar-refractivity contribution in [1.82, 2.24) is 9.97 Å². The average Bonchev–Trinajstić information content (AvgIpc) is 2.97. The van der Waals surface area contributed by atoms with E-state index in [0.29, 0.717) is 6.04 Å². The molecule has 2 N–H and O–H groups in total. The van der Waals surface area contributed by atoms with Crippen molar-refractivity contribution in [2.75, 3.05) is 17.2 Å². The summed E-state index contributed by atoms with van der Waals surface area (Å²) >= 11 is 0. The van der Waals surface area contributed by atoms with Gasteiger partial charge < -0.3 is 10.6 Å². The second-order valence-electron chi connectivity index (χ2n) is 5.82. The summed E-state index contributed by atoms with van der Waals surface area (Å²) in [5.74, 6) is 3.68. The van der Waals surface area contributed by atoms with Crippen LogP contribution in [0.4, 0.5) is 11.6 Å². The minimum atomic E-state index is 0.491. The summed E-state index contributed by atoms with van der Waals surface area (Å²) in [6, 6.07) is 0.491. The van der Waals surface area contributed by atoms with Crippen molar-refractivity contribution in [3.8, 4) is 0 Å². The van der Waals surface area contributed by atoms with Gasteiger partial charge in [-0.15, -0.1) is 0 Å². The summed E-state index contributed by atoms with van der Waals surface area (Å²) in [5, 5.41) is 6.98. The van der Waals surface area contributed by atoms with Gasteiger partial charge >= 0.3 is 0 Å². The Morgan fingerprint density at radius 3 is 2.40 bits per heavy atom. The van der Waals surface area contributed by atoms with Gasteiger partial charge in [0.2, 0.25) is 0 Å². The van der Waals surface area contributed by atoms with Crippen LogP contribution in [-0.4, -0.2) is 22.6 Å². The van der Waals surface area contributed by atoms with Crippen molar-refractivity contribution in [3.05, 3.63) is 11.4 Å². The van der Waals surface area contributed by atoms with Gasteiger partial charge in [-0.05, 0) is 39.5 Å². The molecule has 1 saturated carbocycles. The molecule has 1 atom stereocenters. The highest BCUT2D eigenvalue weighted by Crippen LogP contribution is 2.30. The van der Waals surface area contributed by atoms with Gasteiger partial charge in [0.05, 0.1) is 0 Å². The molecule has 1 aromatic heterocycles. The number of aromatic nitrogens is 2. The molecule has 1 aliphatic carbocycles. The number of nitrogens with one attached hydrogen (secondary N) is 2. The third kappa shape index (κ3) is 3.41. The molecule has 0 amide bonds. The zero-order valence-corrected chi connectivity index (χ0v) is 13.3. The Bertz CT molecular complexity index is 438. The lowest BCUT2D eigenvalue weighted by Gasteiger charge is -2.23. The molecule has 0 radical (unpaired) electrons. The first-order valence-electron chi connectivity index (χ1n) is 8.03. The van der Waals surface area contributed by atoms with E-state index in [1.165, 1.54) is 25.7 Å². The molecule has 112 valence electrons. The van der Waals surface area contributed by atoms with Crippen LogP contribution in [0.25, 0.3) is 0 Å². The van der Waals surface area contributed by atoms with Crippen molar-refractivity contribution in [2.24, 2.45) is 5.92 Å². The van der Waals surface area contributed by atoms with E-state index in [4.69, 9.17) is 0 Å². The van der Waals surface area contributed by atoms with Crippen LogP contribution in [0.5, 0.6) is 0 Å². The molecule has 0 saturated heterocycles. The maximum atomic E-state index is 4.68. The second kappa shape index (κ2) is 6.91. The summed E-state index contributed by atoms with van der Waals surface area (Å²) in [6.07, 6.45) is 6.31. The number of hydrogen-bond acceptors (Lipinski definition) is 4. The largest absolute Gasteiger partial charge is 0.370 e. The molecule has 0 aliphatic heterocycles. The molecule has 4 nitrogen and oxygen atoms in total. The van der Waals surface area contributed by atoms with Crippen LogP contribution in [-0.2, 0) is 6.42 Å². The zero-order chi connectivity index (χ0) is 14.5.